The predicted octanol–water partition coefficient (Wildman–Crippen LogP) is 2.98. The zero-order chi connectivity index (χ0) is 15.4. The minimum Gasteiger partial charge on any atom is -0.507 e. The van der Waals surface area contributed by atoms with E-state index in [2.05, 4.69) is 10.5 Å². The standard InChI is InChI=1S/C15H13FN2O3/c1-9(18-21)11-4-2-3-5-13(11)17-15(20)12-8-10(16)6-7-14(12)19/h2-8,19,21H,1H3,(H,17,20)/b18-9-. The average Bonchev–Trinajstić information content (AvgIpc) is 2.49. The van der Waals surface area contributed by atoms with E-state index in [-0.39, 0.29) is 11.3 Å². The number of halogens is 1. The molecule has 3 N–H and O–H groups in total. The van der Waals surface area contributed by atoms with Crippen molar-refractivity contribution in [3.8, 4) is 5.75 Å². The normalized spacial score (nSPS) is 11.2. The summed E-state index contributed by atoms with van der Waals surface area (Å²) >= 11 is 0. The molecule has 0 spiro atoms. The molecular formula is C15H13FN2O3. The van der Waals surface area contributed by atoms with E-state index in [1.165, 1.54) is 0 Å². The van der Waals surface area contributed by atoms with E-state index in [1.54, 1.807) is 31.2 Å². The number of hydrogen-bond donors (Lipinski definition) is 3. The molecule has 0 atom stereocenters. The summed E-state index contributed by atoms with van der Waals surface area (Å²) in [5, 5.41) is 24.1. The molecule has 108 valence electrons. The number of nitrogens with one attached hydrogen (secondary N) is 1. The fraction of sp³-hybridized carbons (Fsp3) is 0.0667. The quantitative estimate of drug-likeness (QED) is 0.461. The first-order valence-corrected chi connectivity index (χ1v) is 6.11. The predicted molar refractivity (Wildman–Crippen MR) is 76.5 cm³/mol. The van der Waals surface area contributed by atoms with Crippen LogP contribution in [0, 0.1) is 5.82 Å². The van der Waals surface area contributed by atoms with Gasteiger partial charge in [-0.05, 0) is 31.2 Å². The molecule has 21 heavy (non-hydrogen) atoms. The smallest absolute Gasteiger partial charge is 0.259 e. The van der Waals surface area contributed by atoms with Gasteiger partial charge < -0.3 is 15.6 Å². The van der Waals surface area contributed by atoms with E-state index in [1.807, 2.05) is 0 Å². The van der Waals surface area contributed by atoms with Crippen LogP contribution in [0.5, 0.6) is 5.75 Å². The van der Waals surface area contributed by atoms with Crippen molar-refractivity contribution < 1.29 is 19.5 Å². The molecule has 0 aromatic heterocycles. The molecule has 5 nitrogen and oxygen atoms in total. The molecule has 0 aliphatic carbocycles. The molecular weight excluding hydrogens is 275 g/mol. The van der Waals surface area contributed by atoms with Crippen LogP contribution >= 0.6 is 0 Å². The molecule has 0 radical (unpaired) electrons. The summed E-state index contributed by atoms with van der Waals surface area (Å²) in [5.41, 5.74) is 1.04. The van der Waals surface area contributed by atoms with Gasteiger partial charge in [0.2, 0.25) is 0 Å². The summed E-state index contributed by atoms with van der Waals surface area (Å²) in [5.74, 6) is -1.61. The second kappa shape index (κ2) is 6.04. The minimum atomic E-state index is -0.662. The van der Waals surface area contributed by atoms with Gasteiger partial charge in [-0.15, -0.1) is 0 Å². The number of carbonyl (C=O) groups excluding carboxylic acids is 1. The second-order valence-corrected chi connectivity index (χ2v) is 4.35. The molecule has 0 bridgehead atoms. The first-order valence-electron chi connectivity index (χ1n) is 6.11. The number of hydrogen-bond acceptors (Lipinski definition) is 4. The number of amides is 1. The van der Waals surface area contributed by atoms with Crippen molar-refractivity contribution in [2.75, 3.05) is 5.32 Å². The van der Waals surface area contributed by atoms with Crippen LogP contribution in [0.15, 0.2) is 47.6 Å². The lowest BCUT2D eigenvalue weighted by molar-refractivity contribution is 0.102. The molecule has 0 aliphatic heterocycles. The Bertz CT molecular complexity index is 714. The third-order valence-corrected chi connectivity index (χ3v) is 2.92. The summed E-state index contributed by atoms with van der Waals surface area (Å²) < 4.78 is 13.2. The Labute approximate surface area is 120 Å². The van der Waals surface area contributed by atoms with E-state index in [0.717, 1.165) is 18.2 Å². The van der Waals surface area contributed by atoms with Crippen LogP contribution in [0.3, 0.4) is 0 Å². The summed E-state index contributed by atoms with van der Waals surface area (Å²) in [6, 6.07) is 9.79. The van der Waals surface area contributed by atoms with Crippen molar-refractivity contribution >= 4 is 17.3 Å². The molecule has 0 unspecified atom stereocenters. The highest BCUT2D eigenvalue weighted by atomic mass is 19.1. The van der Waals surface area contributed by atoms with Gasteiger partial charge in [-0.2, -0.15) is 0 Å². The number of phenolic OH excluding ortho intramolecular Hbond substituents is 1. The van der Waals surface area contributed by atoms with Crippen LogP contribution in [-0.2, 0) is 0 Å². The maximum absolute atomic E-state index is 13.2. The number of phenols is 1. The molecule has 0 aliphatic rings. The van der Waals surface area contributed by atoms with E-state index < -0.39 is 11.7 Å². The lowest BCUT2D eigenvalue weighted by Crippen LogP contribution is -2.15. The number of oxime groups is 1. The Balaban J connectivity index is 2.34. The van der Waals surface area contributed by atoms with Crippen LogP contribution in [0.25, 0.3) is 0 Å². The first-order chi connectivity index (χ1) is 10.0. The summed E-state index contributed by atoms with van der Waals surface area (Å²) in [4.78, 5) is 12.1. The van der Waals surface area contributed by atoms with Gasteiger partial charge >= 0.3 is 0 Å². The van der Waals surface area contributed by atoms with Crippen molar-refractivity contribution in [3.05, 3.63) is 59.4 Å². The van der Waals surface area contributed by atoms with Crippen LogP contribution in [0.2, 0.25) is 0 Å². The summed E-state index contributed by atoms with van der Waals surface area (Å²) in [6.07, 6.45) is 0. The van der Waals surface area contributed by atoms with Gasteiger partial charge in [0.25, 0.3) is 5.91 Å². The van der Waals surface area contributed by atoms with Gasteiger partial charge in [0.1, 0.15) is 11.6 Å². The Morgan fingerprint density at radius 2 is 1.90 bits per heavy atom. The lowest BCUT2D eigenvalue weighted by atomic mass is 10.1. The fourth-order valence-corrected chi connectivity index (χ4v) is 1.84. The maximum Gasteiger partial charge on any atom is 0.259 e. The van der Waals surface area contributed by atoms with Gasteiger partial charge in [0.15, 0.2) is 0 Å². The Hall–Kier alpha value is -2.89. The zero-order valence-corrected chi connectivity index (χ0v) is 11.2. The largest absolute Gasteiger partial charge is 0.507 e. The molecule has 2 aromatic rings. The molecule has 0 saturated carbocycles. The molecule has 2 rings (SSSR count). The molecule has 0 fully saturated rings. The van der Waals surface area contributed by atoms with Crippen LogP contribution in [0.4, 0.5) is 10.1 Å². The van der Waals surface area contributed by atoms with Crippen molar-refractivity contribution in [2.45, 2.75) is 6.92 Å². The molecule has 2 aromatic carbocycles. The summed E-state index contributed by atoms with van der Waals surface area (Å²) in [6.45, 7) is 1.57. The monoisotopic (exact) mass is 288 g/mol. The minimum absolute atomic E-state index is 0.177. The maximum atomic E-state index is 13.2. The van der Waals surface area contributed by atoms with E-state index in [4.69, 9.17) is 5.21 Å². The molecule has 6 heteroatoms. The van der Waals surface area contributed by atoms with Gasteiger partial charge in [0.05, 0.1) is 17.0 Å². The number of para-hydroxylation sites is 1. The number of anilines is 1. The van der Waals surface area contributed by atoms with E-state index in [0.29, 0.717) is 17.0 Å². The zero-order valence-electron chi connectivity index (χ0n) is 11.2. The number of carbonyl (C=O) groups is 1. The number of rotatable bonds is 3. The van der Waals surface area contributed by atoms with Crippen molar-refractivity contribution in [1.29, 1.82) is 0 Å². The highest BCUT2D eigenvalue weighted by Crippen LogP contribution is 2.21. The SMILES string of the molecule is C/C(=N/O)c1ccccc1NC(=O)c1cc(F)ccc1O. The van der Waals surface area contributed by atoms with Crippen molar-refractivity contribution in [3.63, 3.8) is 0 Å². The van der Waals surface area contributed by atoms with Gasteiger partial charge in [-0.3, -0.25) is 4.79 Å². The number of aromatic hydroxyl groups is 1. The van der Waals surface area contributed by atoms with Gasteiger partial charge in [0, 0.05) is 5.56 Å². The fourth-order valence-electron chi connectivity index (χ4n) is 1.84. The van der Waals surface area contributed by atoms with E-state index >= 15 is 0 Å². The van der Waals surface area contributed by atoms with E-state index in [9.17, 15) is 14.3 Å². The van der Waals surface area contributed by atoms with Gasteiger partial charge in [-0.25, -0.2) is 4.39 Å². The lowest BCUT2D eigenvalue weighted by Gasteiger charge is -2.11. The van der Waals surface area contributed by atoms with Gasteiger partial charge in [-0.1, -0.05) is 23.4 Å². The third-order valence-electron chi connectivity index (χ3n) is 2.92. The van der Waals surface area contributed by atoms with Crippen molar-refractivity contribution in [2.24, 2.45) is 5.16 Å². The van der Waals surface area contributed by atoms with Crippen LogP contribution < -0.4 is 5.32 Å². The first kappa shape index (κ1) is 14.5. The molecule has 0 saturated heterocycles. The highest BCUT2D eigenvalue weighted by Gasteiger charge is 2.14. The topological polar surface area (TPSA) is 81.9 Å². The summed E-state index contributed by atoms with van der Waals surface area (Å²) in [7, 11) is 0. The van der Waals surface area contributed by atoms with Crippen LogP contribution in [-0.4, -0.2) is 21.9 Å². The Kier molecular flexibility index (Phi) is 4.18. The number of benzene rings is 2. The molecule has 1 amide bonds. The average molecular weight is 288 g/mol. The van der Waals surface area contributed by atoms with Crippen LogP contribution in [0.1, 0.15) is 22.8 Å². The van der Waals surface area contributed by atoms with Crippen molar-refractivity contribution in [1.82, 2.24) is 0 Å². The Morgan fingerprint density at radius 1 is 1.19 bits per heavy atom. The highest BCUT2D eigenvalue weighted by molar-refractivity contribution is 6.11. The number of nitrogens with zero attached hydrogens (tertiary/aromatic N) is 1. The molecule has 0 heterocycles. The second-order valence-electron chi connectivity index (χ2n) is 4.35. The Morgan fingerprint density at radius 3 is 2.62 bits per heavy atom. The third kappa shape index (κ3) is 3.17.